The maximum atomic E-state index is 13.4. The van der Waals surface area contributed by atoms with Crippen LogP contribution < -0.4 is 19.5 Å². The van der Waals surface area contributed by atoms with E-state index in [2.05, 4.69) is 5.32 Å². The fourth-order valence-electron chi connectivity index (χ4n) is 2.09. The topological polar surface area (TPSA) is 97.3 Å². The summed E-state index contributed by atoms with van der Waals surface area (Å²) in [5.74, 6) is -0.340. The van der Waals surface area contributed by atoms with Gasteiger partial charge in [-0.05, 0) is 36.4 Å². The van der Waals surface area contributed by atoms with Crippen LogP contribution in [0.2, 0.25) is 0 Å². The number of halogens is 2. The number of carboxylic acid groups (broad SMARTS) is 1. The van der Waals surface area contributed by atoms with Crippen LogP contribution >= 0.6 is 12.4 Å². The zero-order valence-corrected chi connectivity index (χ0v) is 15.9. The number of aliphatic carboxylic acids is 1. The lowest BCUT2D eigenvalue weighted by Gasteiger charge is -2.14. The van der Waals surface area contributed by atoms with Crippen molar-refractivity contribution >= 4 is 18.4 Å². The van der Waals surface area contributed by atoms with Crippen LogP contribution in [0.25, 0.3) is 0 Å². The van der Waals surface area contributed by atoms with Crippen LogP contribution in [0.3, 0.4) is 0 Å². The molecule has 1 atom stereocenters. The van der Waals surface area contributed by atoms with E-state index in [9.17, 15) is 14.3 Å². The normalized spacial score (nSPS) is 11.2. The molecule has 0 aliphatic heterocycles. The molecule has 2 aromatic carbocycles. The Kier molecular flexibility index (Phi) is 10.7. The molecule has 0 bridgehead atoms. The van der Waals surface area contributed by atoms with Gasteiger partial charge in [-0.3, -0.25) is 0 Å². The summed E-state index contributed by atoms with van der Waals surface area (Å²) >= 11 is 0. The van der Waals surface area contributed by atoms with Gasteiger partial charge < -0.3 is 29.7 Å². The molecule has 3 N–H and O–H groups in total. The molecule has 1 unspecified atom stereocenters. The molecule has 0 aliphatic carbocycles. The second kappa shape index (κ2) is 12.8. The van der Waals surface area contributed by atoms with Gasteiger partial charge in [0.25, 0.3) is 0 Å². The first-order valence-electron chi connectivity index (χ1n) is 8.38. The Morgan fingerprint density at radius 1 is 1.04 bits per heavy atom. The van der Waals surface area contributed by atoms with Crippen molar-refractivity contribution in [1.29, 1.82) is 0 Å². The highest BCUT2D eigenvalue weighted by Crippen LogP contribution is 2.17. The number of benzene rings is 2. The van der Waals surface area contributed by atoms with E-state index in [4.69, 9.17) is 19.3 Å². The van der Waals surface area contributed by atoms with Crippen molar-refractivity contribution in [3.05, 3.63) is 54.3 Å². The van der Waals surface area contributed by atoms with Crippen LogP contribution in [0, 0.1) is 5.82 Å². The van der Waals surface area contributed by atoms with Crippen molar-refractivity contribution in [2.75, 3.05) is 32.9 Å². The van der Waals surface area contributed by atoms with E-state index >= 15 is 0 Å². The van der Waals surface area contributed by atoms with Crippen LogP contribution in [0.4, 0.5) is 4.39 Å². The first-order valence-corrected chi connectivity index (χ1v) is 8.38. The van der Waals surface area contributed by atoms with Crippen LogP contribution in [0.1, 0.15) is 0 Å². The fraction of sp³-hybridized carbons (Fsp3) is 0.316. The summed E-state index contributed by atoms with van der Waals surface area (Å²) in [6.45, 7) is 0.726. The van der Waals surface area contributed by atoms with Gasteiger partial charge in [0.1, 0.15) is 30.8 Å². The van der Waals surface area contributed by atoms with Gasteiger partial charge in [-0.2, -0.15) is 0 Å². The second-order valence-corrected chi connectivity index (χ2v) is 5.60. The molecule has 28 heavy (non-hydrogen) atoms. The number of ether oxygens (including phenoxy) is 3. The standard InChI is InChI=1S/C19H22FNO6.ClH/c20-17-3-1-2-4-18(17)27-12-14(22)11-21-9-10-25-15-5-7-16(8-6-15)26-13-19(23)24;/h1-8,14,21-22H,9-13H2,(H,23,24);1H. The third kappa shape index (κ3) is 8.90. The Morgan fingerprint density at radius 3 is 2.32 bits per heavy atom. The molecule has 9 heteroatoms. The number of aliphatic hydroxyl groups excluding tert-OH is 1. The van der Waals surface area contributed by atoms with E-state index < -0.39 is 24.5 Å². The maximum Gasteiger partial charge on any atom is 0.341 e. The number of aliphatic hydroxyl groups is 1. The van der Waals surface area contributed by atoms with Gasteiger partial charge >= 0.3 is 5.97 Å². The SMILES string of the molecule is Cl.O=C(O)COc1ccc(OCCNCC(O)COc2ccccc2F)cc1. The first kappa shape index (κ1) is 23.5. The van der Waals surface area contributed by atoms with E-state index in [0.29, 0.717) is 24.7 Å². The number of carbonyl (C=O) groups is 1. The van der Waals surface area contributed by atoms with Gasteiger partial charge in [-0.25, -0.2) is 9.18 Å². The average molecular weight is 416 g/mol. The predicted molar refractivity (Wildman–Crippen MR) is 103 cm³/mol. The molecule has 7 nitrogen and oxygen atoms in total. The molecule has 0 fully saturated rings. The fourth-order valence-corrected chi connectivity index (χ4v) is 2.09. The van der Waals surface area contributed by atoms with Gasteiger partial charge in [0.2, 0.25) is 0 Å². The lowest BCUT2D eigenvalue weighted by molar-refractivity contribution is -0.139. The molecule has 154 valence electrons. The van der Waals surface area contributed by atoms with Crippen LogP contribution in [0.15, 0.2) is 48.5 Å². The van der Waals surface area contributed by atoms with Gasteiger partial charge in [0, 0.05) is 13.1 Å². The predicted octanol–water partition coefficient (Wildman–Crippen LogP) is 2.12. The molecule has 0 spiro atoms. The molecule has 0 aromatic heterocycles. The van der Waals surface area contributed by atoms with Crippen LogP contribution in [-0.2, 0) is 4.79 Å². The van der Waals surface area contributed by atoms with E-state index in [0.717, 1.165) is 0 Å². The van der Waals surface area contributed by atoms with Gasteiger partial charge in [0.15, 0.2) is 18.2 Å². The van der Waals surface area contributed by atoms with Crippen molar-refractivity contribution in [1.82, 2.24) is 5.32 Å². The Balaban J connectivity index is 0.00000392. The number of nitrogens with one attached hydrogen (secondary N) is 1. The third-order valence-corrected chi connectivity index (χ3v) is 3.38. The highest BCUT2D eigenvalue weighted by molar-refractivity contribution is 5.85. The van der Waals surface area contributed by atoms with Gasteiger partial charge in [-0.15, -0.1) is 12.4 Å². The highest BCUT2D eigenvalue weighted by atomic mass is 35.5. The molecule has 0 radical (unpaired) electrons. The summed E-state index contributed by atoms with van der Waals surface area (Å²) in [5.41, 5.74) is 0. The zero-order valence-electron chi connectivity index (χ0n) is 15.0. The van der Waals surface area contributed by atoms with E-state index in [1.54, 1.807) is 36.4 Å². The van der Waals surface area contributed by atoms with Crippen molar-refractivity contribution in [2.45, 2.75) is 6.10 Å². The highest BCUT2D eigenvalue weighted by Gasteiger charge is 2.07. The Hall–Kier alpha value is -2.55. The average Bonchev–Trinajstić information content (AvgIpc) is 2.66. The molecule has 0 heterocycles. The van der Waals surface area contributed by atoms with Gasteiger partial charge in [0.05, 0.1) is 0 Å². The Morgan fingerprint density at radius 2 is 1.68 bits per heavy atom. The number of para-hydroxylation sites is 1. The lowest BCUT2D eigenvalue weighted by Crippen LogP contribution is -2.33. The molecular weight excluding hydrogens is 393 g/mol. The Labute approximate surface area is 168 Å². The van der Waals surface area contributed by atoms with Crippen LogP contribution in [0.5, 0.6) is 17.2 Å². The maximum absolute atomic E-state index is 13.4. The van der Waals surface area contributed by atoms with Gasteiger partial charge in [-0.1, -0.05) is 12.1 Å². The van der Waals surface area contributed by atoms with E-state index in [-0.39, 0.29) is 31.3 Å². The molecular formula is C19H23ClFNO6. The smallest absolute Gasteiger partial charge is 0.341 e. The molecule has 2 aromatic rings. The molecule has 0 aliphatic rings. The minimum absolute atomic E-state index is 0. The summed E-state index contributed by atoms with van der Waals surface area (Å²) in [4.78, 5) is 10.4. The monoisotopic (exact) mass is 415 g/mol. The molecule has 0 saturated carbocycles. The van der Waals surface area contributed by atoms with Crippen molar-refractivity contribution in [3.63, 3.8) is 0 Å². The summed E-state index contributed by atoms with van der Waals surface area (Å²) in [5, 5.41) is 21.4. The minimum atomic E-state index is -1.04. The molecule has 2 rings (SSSR count). The number of rotatable bonds is 12. The van der Waals surface area contributed by atoms with Crippen molar-refractivity contribution in [3.8, 4) is 17.2 Å². The minimum Gasteiger partial charge on any atom is -0.492 e. The lowest BCUT2D eigenvalue weighted by atomic mass is 10.3. The zero-order chi connectivity index (χ0) is 19.5. The largest absolute Gasteiger partial charge is 0.492 e. The summed E-state index contributed by atoms with van der Waals surface area (Å²) in [6, 6.07) is 12.6. The van der Waals surface area contributed by atoms with Crippen LogP contribution in [-0.4, -0.2) is 55.2 Å². The number of carboxylic acids is 1. The quantitative estimate of drug-likeness (QED) is 0.457. The van der Waals surface area contributed by atoms with Crippen molar-refractivity contribution in [2.24, 2.45) is 0 Å². The number of hydrogen-bond donors (Lipinski definition) is 3. The summed E-state index contributed by atoms with van der Waals surface area (Å²) in [6.07, 6.45) is -0.782. The molecule has 0 saturated heterocycles. The Bertz CT molecular complexity index is 716. The molecule has 0 amide bonds. The first-order chi connectivity index (χ1) is 13.0. The van der Waals surface area contributed by atoms with Crippen molar-refractivity contribution < 1.29 is 33.6 Å². The third-order valence-electron chi connectivity index (χ3n) is 3.38. The van der Waals surface area contributed by atoms with E-state index in [1.807, 2.05) is 0 Å². The number of hydrogen-bond acceptors (Lipinski definition) is 6. The second-order valence-electron chi connectivity index (χ2n) is 5.60. The summed E-state index contributed by atoms with van der Waals surface area (Å²) < 4.78 is 29.2. The van der Waals surface area contributed by atoms with E-state index in [1.165, 1.54) is 12.1 Å². The summed E-state index contributed by atoms with van der Waals surface area (Å²) in [7, 11) is 0.